The second-order valence-corrected chi connectivity index (χ2v) is 23.7. The maximum atomic E-state index is 9.87. The molecule has 0 fully saturated rings. The minimum Gasteiger partial charge on any atom is -1.00 e. The molecule has 0 aromatic carbocycles. The van der Waals surface area contributed by atoms with Crippen LogP contribution in [0, 0.1) is 0 Å². The zero-order chi connectivity index (χ0) is 68.1. The van der Waals surface area contributed by atoms with Gasteiger partial charge in [0, 0.05) is 74.4 Å². The summed E-state index contributed by atoms with van der Waals surface area (Å²) in [6.45, 7) is 0. The zero-order valence-corrected chi connectivity index (χ0v) is 60.0. The third kappa shape index (κ3) is 42.7. The largest absolute Gasteiger partial charge is 3.00 e. The molecule has 0 unspecified atom stereocenters. The summed E-state index contributed by atoms with van der Waals surface area (Å²) in [6, 6.07) is 57.8. The first-order valence-electron chi connectivity index (χ1n) is 25.7. The first-order valence-corrected chi connectivity index (χ1v) is 31.8. The van der Waals surface area contributed by atoms with E-state index < -0.39 is 23.4 Å². The summed E-state index contributed by atoms with van der Waals surface area (Å²) >= 11 is 0. The van der Waals surface area contributed by atoms with Crippen LogP contribution in [0.3, 0.4) is 0 Å². The number of nitrogens with zero attached hydrogens (tertiary/aromatic N) is 14. The SMILES string of the molecule is F[P-](F)(F)(F)(F)F.F[P-](F)(F)(F)(F)F.F[P-](F)(F)(F)(F)F.[Cl-].[Cl-].[Cl-].[Cl-].[Rh+3].[Ru+2].[Ru+2].c1ccc(-c2cccc(-c3ccccn3)n2)nc1.c1ccc(-c2cccc(-c3ccccn3)n2)nc1.c1ccc(-c2nccnc2-c2ccccn2)nc1.c1ccc(-c2nccnc2-c2ccccn2)nc1. The zero-order valence-electron chi connectivity index (χ0n) is 49.2. The maximum Gasteiger partial charge on any atom is 3.00 e. The van der Waals surface area contributed by atoms with Crippen LogP contribution in [0.5, 0.6) is 0 Å². The van der Waals surface area contributed by atoms with Gasteiger partial charge in [-0.3, -0.25) is 59.8 Å². The second kappa shape index (κ2) is 37.6. The molecule has 0 bridgehead atoms. The third-order valence-electron chi connectivity index (χ3n) is 10.2. The number of aromatic nitrogens is 14. The van der Waals surface area contributed by atoms with Crippen molar-refractivity contribution in [3.8, 4) is 91.1 Å². The maximum absolute atomic E-state index is 10.7. The van der Waals surface area contributed by atoms with Crippen molar-refractivity contribution in [3.05, 3.63) is 256 Å². The fourth-order valence-electron chi connectivity index (χ4n) is 6.93. The molecule has 0 aliphatic heterocycles. The smallest absolute Gasteiger partial charge is 1.00 e. The minimum absolute atomic E-state index is 0. The predicted molar refractivity (Wildman–Crippen MR) is 319 cm³/mol. The summed E-state index contributed by atoms with van der Waals surface area (Å²) in [6.07, 6.45) is 20.7. The molecule has 0 saturated carbocycles. The van der Waals surface area contributed by atoms with Crippen LogP contribution in [0.2, 0.25) is 0 Å². The van der Waals surface area contributed by atoms with E-state index in [0.29, 0.717) is 0 Å². The number of pyridine rings is 10. The number of hydrogen-bond donors (Lipinski definition) is 0. The number of rotatable bonds is 8. The van der Waals surface area contributed by atoms with Crippen LogP contribution < -0.4 is 49.6 Å². The van der Waals surface area contributed by atoms with Crippen LogP contribution in [0.25, 0.3) is 91.1 Å². The van der Waals surface area contributed by atoms with Gasteiger partial charge in [0.15, 0.2) is 0 Å². The average molecular weight is 1820 g/mol. The Hall–Kier alpha value is -7.28. The standard InChI is InChI=1S/2C15H11N3.2C14H10N4.4ClH.3F6P.Rh.2Ru/c2*1-3-10-16-12(6-1)14-8-5-9-15(18-14)13-7-2-4-11-17-13;2*1-3-7-15-11(5-1)13-14(18-10-9-17-13)12-6-2-4-8-16-12;;;;;3*1-7(2,3,4,5)6;;;/h2*1-11H;2*1-10H;4*1H;;;;;;/q;;;;;;;;3*-1;+3;2*+2/p-4. The molecule has 42 heteroatoms. The van der Waals surface area contributed by atoms with Crippen molar-refractivity contribution < 1.29 is 184 Å². The van der Waals surface area contributed by atoms with Crippen LogP contribution >= 0.6 is 23.4 Å². The number of hydrogen-bond acceptors (Lipinski definition) is 14. The molecule has 0 aliphatic rings. The Morgan fingerprint density at radius 3 is 0.430 bits per heavy atom. The Balaban J connectivity index is 0. The monoisotopic (exact) mass is 1820 g/mol. The van der Waals surface area contributed by atoms with Gasteiger partial charge in [0.05, 0.1) is 68.3 Å². The molecule has 12 aromatic rings. The van der Waals surface area contributed by atoms with Crippen LogP contribution in [0.1, 0.15) is 0 Å². The summed E-state index contributed by atoms with van der Waals surface area (Å²) in [4.78, 5) is 61.0. The van der Waals surface area contributed by atoms with Crippen molar-refractivity contribution in [2.75, 3.05) is 0 Å². The molecule has 12 aromatic heterocycles. The average Bonchev–Trinajstić information content (AvgIpc) is 0.784. The van der Waals surface area contributed by atoms with Crippen LogP contribution in [0.4, 0.5) is 75.5 Å². The fraction of sp³-hybridized carbons (Fsp3) is 0. The quantitative estimate of drug-likeness (QED) is 0.0797. The molecule has 0 aliphatic carbocycles. The van der Waals surface area contributed by atoms with Crippen molar-refractivity contribution >= 4 is 23.4 Å². The van der Waals surface area contributed by atoms with E-state index in [0.717, 1.165) is 91.1 Å². The van der Waals surface area contributed by atoms with Crippen LogP contribution in [0.15, 0.2) is 256 Å². The van der Waals surface area contributed by atoms with Crippen molar-refractivity contribution in [2.45, 2.75) is 0 Å². The Labute approximate surface area is 619 Å². The van der Waals surface area contributed by atoms with Crippen LogP contribution in [-0.4, -0.2) is 69.8 Å². The van der Waals surface area contributed by atoms with Crippen molar-refractivity contribution in [3.63, 3.8) is 0 Å². The molecule has 12 heterocycles. The molecule has 0 amide bonds. The Bertz CT molecular complexity index is 3770. The summed E-state index contributed by atoms with van der Waals surface area (Å²) in [7, 11) is -32.0. The summed E-state index contributed by atoms with van der Waals surface area (Å²) < 4.78 is 178. The second-order valence-electron chi connectivity index (χ2n) is 17.9. The number of halogens is 22. The Morgan fingerprint density at radius 2 is 0.300 bits per heavy atom. The molecule has 14 nitrogen and oxygen atoms in total. The predicted octanol–water partition coefficient (Wildman–Crippen LogP) is 9.77. The Morgan fingerprint density at radius 1 is 0.170 bits per heavy atom. The van der Waals surface area contributed by atoms with Crippen molar-refractivity contribution in [2.24, 2.45) is 0 Å². The van der Waals surface area contributed by atoms with Gasteiger partial charge in [-0.05, 0) is 121 Å². The molecule has 0 radical (unpaired) electrons. The van der Waals surface area contributed by atoms with Gasteiger partial charge in [0.2, 0.25) is 0 Å². The van der Waals surface area contributed by atoms with E-state index in [1.807, 2.05) is 182 Å². The Kier molecular flexibility index (Phi) is 35.6. The molecule has 12 rings (SSSR count). The van der Waals surface area contributed by atoms with E-state index in [1.165, 1.54) is 0 Å². The van der Waals surface area contributed by atoms with E-state index in [1.54, 1.807) is 74.4 Å². The summed E-state index contributed by atoms with van der Waals surface area (Å²) in [5.41, 5.74) is 13.1. The van der Waals surface area contributed by atoms with Gasteiger partial charge in [-0.25, -0.2) is 9.97 Å². The first kappa shape index (κ1) is 94.8. The van der Waals surface area contributed by atoms with Crippen molar-refractivity contribution in [1.29, 1.82) is 0 Å². The van der Waals surface area contributed by atoms with Gasteiger partial charge in [0.1, 0.15) is 22.8 Å². The molecule has 538 valence electrons. The molecule has 100 heavy (non-hydrogen) atoms. The summed E-state index contributed by atoms with van der Waals surface area (Å²) in [5, 5.41) is 0. The normalized spacial score (nSPS) is 12.2. The summed E-state index contributed by atoms with van der Waals surface area (Å²) in [5.74, 6) is 0. The molecule has 0 spiro atoms. The molecule has 0 atom stereocenters. The minimum atomic E-state index is -10.7. The van der Waals surface area contributed by atoms with E-state index in [-0.39, 0.29) is 108 Å². The van der Waals surface area contributed by atoms with E-state index in [2.05, 4.69) is 69.8 Å². The first-order chi connectivity index (χ1) is 43.1. The molecule has 0 N–H and O–H groups in total. The van der Waals surface area contributed by atoms with Gasteiger partial charge < -0.3 is 49.6 Å². The van der Waals surface area contributed by atoms with Crippen LogP contribution in [-0.2, 0) is 58.4 Å². The topological polar surface area (TPSA) is 180 Å². The van der Waals surface area contributed by atoms with Crippen molar-refractivity contribution in [1.82, 2.24) is 69.8 Å². The molecular weight excluding hydrogens is 1770 g/mol. The van der Waals surface area contributed by atoms with E-state index in [4.69, 9.17) is 0 Å². The third-order valence-corrected chi connectivity index (χ3v) is 10.2. The van der Waals surface area contributed by atoms with E-state index >= 15 is 0 Å². The molecule has 0 saturated heterocycles. The van der Waals surface area contributed by atoms with Gasteiger partial charge in [-0.15, -0.1) is 0 Å². The fourth-order valence-corrected chi connectivity index (χ4v) is 6.93. The van der Waals surface area contributed by atoms with E-state index in [9.17, 15) is 75.5 Å². The van der Waals surface area contributed by atoms with Gasteiger partial charge in [-0.2, -0.15) is 0 Å². The van der Waals surface area contributed by atoms with Gasteiger partial charge in [-0.1, -0.05) is 60.7 Å². The molecular formula is C58H42Cl4F18N14P3RhRu2. The van der Waals surface area contributed by atoms with Gasteiger partial charge >= 0.3 is 157 Å². The van der Waals surface area contributed by atoms with Gasteiger partial charge in [0.25, 0.3) is 0 Å².